The van der Waals surface area contributed by atoms with Crippen molar-refractivity contribution < 1.29 is 0 Å². The van der Waals surface area contributed by atoms with E-state index in [1.807, 2.05) is 0 Å². The van der Waals surface area contributed by atoms with Gasteiger partial charge < -0.3 is 5.32 Å². The van der Waals surface area contributed by atoms with E-state index in [9.17, 15) is 0 Å². The zero-order valence-electron chi connectivity index (χ0n) is 10.1. The highest BCUT2D eigenvalue weighted by Crippen LogP contribution is 2.28. The van der Waals surface area contributed by atoms with Crippen molar-refractivity contribution in [3.05, 3.63) is 23.4 Å². The van der Waals surface area contributed by atoms with Gasteiger partial charge in [0, 0.05) is 11.7 Å². The Bertz CT molecular complexity index is 269. The van der Waals surface area contributed by atoms with Gasteiger partial charge in [-0.05, 0) is 51.5 Å². The first kappa shape index (κ1) is 10.8. The number of nitrogens with one attached hydrogen (secondary N) is 1. The molecule has 0 heterocycles. The summed E-state index contributed by atoms with van der Waals surface area (Å²) in [5.41, 5.74) is 2.95. The molecule has 0 saturated heterocycles. The fraction of sp³-hybridized carbons (Fsp3) is 0.714. The SMILES string of the molecule is CC1=CC=C(NC(C)C2CCCC2)CC1. The summed E-state index contributed by atoms with van der Waals surface area (Å²) >= 11 is 0. The van der Waals surface area contributed by atoms with Crippen LogP contribution in [0.3, 0.4) is 0 Å². The molecule has 0 aromatic heterocycles. The summed E-state index contributed by atoms with van der Waals surface area (Å²) in [6.07, 6.45) is 12.7. The molecule has 1 N–H and O–H groups in total. The van der Waals surface area contributed by atoms with E-state index >= 15 is 0 Å². The molecule has 1 fully saturated rings. The van der Waals surface area contributed by atoms with Gasteiger partial charge in [0.25, 0.3) is 0 Å². The van der Waals surface area contributed by atoms with E-state index < -0.39 is 0 Å². The van der Waals surface area contributed by atoms with Crippen molar-refractivity contribution in [1.29, 1.82) is 0 Å². The van der Waals surface area contributed by atoms with Gasteiger partial charge in [-0.15, -0.1) is 0 Å². The Kier molecular flexibility index (Phi) is 3.50. The standard InChI is InChI=1S/C14H23N/c1-11-7-9-14(10-8-11)15-12(2)13-5-3-4-6-13/h7,9,12-13,15H,3-6,8,10H2,1-2H3. The second-order valence-electron chi connectivity index (χ2n) is 5.18. The van der Waals surface area contributed by atoms with Gasteiger partial charge in [-0.1, -0.05) is 24.5 Å². The second-order valence-corrected chi connectivity index (χ2v) is 5.18. The van der Waals surface area contributed by atoms with Gasteiger partial charge in [-0.25, -0.2) is 0 Å². The summed E-state index contributed by atoms with van der Waals surface area (Å²) in [6.45, 7) is 4.57. The molecule has 0 aromatic rings. The van der Waals surface area contributed by atoms with Gasteiger partial charge in [-0.2, -0.15) is 0 Å². The molecule has 0 aromatic carbocycles. The summed E-state index contributed by atoms with van der Waals surface area (Å²) < 4.78 is 0. The predicted octanol–water partition coefficient (Wildman–Crippen LogP) is 3.78. The van der Waals surface area contributed by atoms with Crippen molar-refractivity contribution in [2.75, 3.05) is 0 Å². The number of rotatable bonds is 3. The van der Waals surface area contributed by atoms with E-state index in [1.54, 1.807) is 0 Å². The molecule has 84 valence electrons. The molecule has 1 unspecified atom stereocenters. The molecule has 15 heavy (non-hydrogen) atoms. The first-order chi connectivity index (χ1) is 7.25. The van der Waals surface area contributed by atoms with Crippen LogP contribution in [-0.4, -0.2) is 6.04 Å². The van der Waals surface area contributed by atoms with Crippen LogP contribution in [0.5, 0.6) is 0 Å². The zero-order valence-corrected chi connectivity index (χ0v) is 10.1. The third kappa shape index (κ3) is 2.87. The number of allylic oxidation sites excluding steroid dienone is 4. The normalized spacial score (nSPS) is 24.7. The van der Waals surface area contributed by atoms with Crippen LogP contribution in [0.15, 0.2) is 23.4 Å². The highest BCUT2D eigenvalue weighted by Gasteiger charge is 2.21. The van der Waals surface area contributed by atoms with Crippen LogP contribution in [0.4, 0.5) is 0 Å². The van der Waals surface area contributed by atoms with Crippen LogP contribution in [-0.2, 0) is 0 Å². The van der Waals surface area contributed by atoms with E-state index in [1.165, 1.54) is 49.8 Å². The number of hydrogen-bond donors (Lipinski definition) is 1. The van der Waals surface area contributed by atoms with Crippen molar-refractivity contribution in [3.8, 4) is 0 Å². The average Bonchev–Trinajstić information content (AvgIpc) is 2.74. The fourth-order valence-corrected chi connectivity index (χ4v) is 2.73. The molecule has 0 bridgehead atoms. The molecule has 1 saturated carbocycles. The highest BCUT2D eigenvalue weighted by atomic mass is 14.9. The van der Waals surface area contributed by atoms with E-state index in [4.69, 9.17) is 0 Å². The molecule has 1 heteroatoms. The van der Waals surface area contributed by atoms with Crippen LogP contribution >= 0.6 is 0 Å². The molecule has 1 nitrogen and oxygen atoms in total. The molecule has 0 spiro atoms. The lowest BCUT2D eigenvalue weighted by atomic mass is 9.97. The molecular weight excluding hydrogens is 182 g/mol. The first-order valence-corrected chi connectivity index (χ1v) is 6.38. The van der Waals surface area contributed by atoms with Crippen LogP contribution in [0.1, 0.15) is 52.4 Å². The third-order valence-electron chi connectivity index (χ3n) is 3.88. The van der Waals surface area contributed by atoms with E-state index in [0.717, 1.165) is 5.92 Å². The van der Waals surface area contributed by atoms with Crippen molar-refractivity contribution in [3.63, 3.8) is 0 Å². The molecule has 2 rings (SSSR count). The minimum absolute atomic E-state index is 0.672. The molecule has 0 amide bonds. The summed E-state index contributed by atoms with van der Waals surface area (Å²) in [5.74, 6) is 0.915. The maximum atomic E-state index is 3.70. The monoisotopic (exact) mass is 205 g/mol. The van der Waals surface area contributed by atoms with Gasteiger partial charge >= 0.3 is 0 Å². The zero-order chi connectivity index (χ0) is 10.7. The fourth-order valence-electron chi connectivity index (χ4n) is 2.73. The van der Waals surface area contributed by atoms with Crippen LogP contribution in [0.25, 0.3) is 0 Å². The van der Waals surface area contributed by atoms with Gasteiger partial charge in [0.1, 0.15) is 0 Å². The lowest BCUT2D eigenvalue weighted by molar-refractivity contribution is 0.402. The summed E-state index contributed by atoms with van der Waals surface area (Å²) in [5, 5.41) is 3.70. The van der Waals surface area contributed by atoms with E-state index in [2.05, 4.69) is 31.3 Å². The molecule has 0 radical (unpaired) electrons. The lowest BCUT2D eigenvalue weighted by Crippen LogP contribution is -2.32. The Hall–Kier alpha value is -0.720. The largest absolute Gasteiger partial charge is 0.386 e. The van der Waals surface area contributed by atoms with Gasteiger partial charge in [0.2, 0.25) is 0 Å². The van der Waals surface area contributed by atoms with Crippen molar-refractivity contribution >= 4 is 0 Å². The minimum Gasteiger partial charge on any atom is -0.386 e. The first-order valence-electron chi connectivity index (χ1n) is 6.38. The summed E-state index contributed by atoms with van der Waals surface area (Å²) in [7, 11) is 0. The molecular formula is C14H23N. The van der Waals surface area contributed by atoms with Crippen LogP contribution in [0, 0.1) is 5.92 Å². The Labute approximate surface area is 93.6 Å². The average molecular weight is 205 g/mol. The van der Waals surface area contributed by atoms with Gasteiger partial charge in [0.15, 0.2) is 0 Å². The second kappa shape index (κ2) is 4.87. The minimum atomic E-state index is 0.672. The van der Waals surface area contributed by atoms with Crippen LogP contribution in [0.2, 0.25) is 0 Å². The molecule has 1 atom stereocenters. The quantitative estimate of drug-likeness (QED) is 0.739. The van der Waals surface area contributed by atoms with E-state index in [0.29, 0.717) is 6.04 Å². The number of hydrogen-bond acceptors (Lipinski definition) is 1. The van der Waals surface area contributed by atoms with Gasteiger partial charge in [0.05, 0.1) is 0 Å². The maximum absolute atomic E-state index is 3.70. The predicted molar refractivity (Wildman–Crippen MR) is 65.6 cm³/mol. The Balaban J connectivity index is 1.85. The Morgan fingerprint density at radius 2 is 1.93 bits per heavy atom. The van der Waals surface area contributed by atoms with Crippen LogP contribution < -0.4 is 5.32 Å². The maximum Gasteiger partial charge on any atom is 0.0258 e. The van der Waals surface area contributed by atoms with Crippen molar-refractivity contribution in [2.24, 2.45) is 5.92 Å². The Morgan fingerprint density at radius 1 is 1.20 bits per heavy atom. The lowest BCUT2D eigenvalue weighted by Gasteiger charge is -2.24. The van der Waals surface area contributed by atoms with E-state index in [-0.39, 0.29) is 0 Å². The topological polar surface area (TPSA) is 12.0 Å². The van der Waals surface area contributed by atoms with Gasteiger partial charge in [-0.3, -0.25) is 0 Å². The summed E-state index contributed by atoms with van der Waals surface area (Å²) in [6, 6.07) is 0.672. The smallest absolute Gasteiger partial charge is 0.0258 e. The van der Waals surface area contributed by atoms with Crippen molar-refractivity contribution in [1.82, 2.24) is 5.32 Å². The van der Waals surface area contributed by atoms with Crippen molar-refractivity contribution in [2.45, 2.75) is 58.4 Å². The molecule has 2 aliphatic carbocycles. The summed E-state index contributed by atoms with van der Waals surface area (Å²) in [4.78, 5) is 0. The highest BCUT2D eigenvalue weighted by molar-refractivity contribution is 5.22. The molecule has 0 aliphatic heterocycles. The Morgan fingerprint density at radius 3 is 2.53 bits per heavy atom. The third-order valence-corrected chi connectivity index (χ3v) is 3.88. The molecule has 2 aliphatic rings.